The Morgan fingerprint density at radius 2 is 0.737 bits per heavy atom. The molecule has 2 nitrogen and oxygen atoms in total. The van der Waals surface area contributed by atoms with Crippen molar-refractivity contribution in [1.29, 1.82) is 0 Å². The molecule has 0 fully saturated rings. The Morgan fingerprint density at radius 3 is 1.24 bits per heavy atom. The fourth-order valence-corrected chi connectivity index (χ4v) is 5.26. The van der Waals surface area contributed by atoms with Crippen molar-refractivity contribution in [3.63, 3.8) is 0 Å². The van der Waals surface area contributed by atoms with Crippen molar-refractivity contribution in [2.45, 2.75) is 0 Å². The predicted octanol–water partition coefficient (Wildman–Crippen LogP) is 9.19. The Hall–Kier alpha value is -5.08. The maximum Gasteiger partial charge on any atom is 0.0627 e. The smallest absolute Gasteiger partial charge is 0.0627 e. The van der Waals surface area contributed by atoms with E-state index in [4.69, 9.17) is 11.5 Å². The standard InChI is InChI=1S/C36H28N2/c37-32-23-13-22-29(36(32)38)31-24-30(25-14-5-1-6-15-25)33(26-16-7-2-8-17-26)35(28-20-11-4-12-21-28)34(31)27-18-9-3-10-19-27/h1-24H,37-38H2. The average Bonchev–Trinajstić information content (AvgIpc) is 2.99. The molecule has 0 aliphatic heterocycles. The summed E-state index contributed by atoms with van der Waals surface area (Å²) in [6.07, 6.45) is 0. The third kappa shape index (κ3) is 4.23. The maximum atomic E-state index is 6.66. The number of nitrogen functional groups attached to an aromatic ring is 2. The van der Waals surface area contributed by atoms with Gasteiger partial charge in [0, 0.05) is 5.56 Å². The number of hydrogen-bond acceptors (Lipinski definition) is 2. The minimum absolute atomic E-state index is 0.580. The van der Waals surface area contributed by atoms with Crippen molar-refractivity contribution in [1.82, 2.24) is 0 Å². The summed E-state index contributed by atoms with van der Waals surface area (Å²) in [5.74, 6) is 0. The van der Waals surface area contributed by atoms with E-state index in [-0.39, 0.29) is 0 Å². The van der Waals surface area contributed by atoms with E-state index in [1.165, 1.54) is 11.1 Å². The van der Waals surface area contributed by atoms with Crippen LogP contribution in [0.4, 0.5) is 11.4 Å². The normalized spacial score (nSPS) is 10.8. The maximum absolute atomic E-state index is 6.66. The summed E-state index contributed by atoms with van der Waals surface area (Å²) >= 11 is 0. The predicted molar refractivity (Wildman–Crippen MR) is 162 cm³/mol. The molecule has 4 N–H and O–H groups in total. The number of hydrogen-bond donors (Lipinski definition) is 2. The second kappa shape index (κ2) is 10.1. The molecule has 0 amide bonds. The van der Waals surface area contributed by atoms with E-state index in [1.54, 1.807) is 0 Å². The Kier molecular flexibility index (Phi) is 6.21. The molecular formula is C36H28N2. The van der Waals surface area contributed by atoms with E-state index in [2.05, 4.69) is 133 Å². The van der Waals surface area contributed by atoms with Gasteiger partial charge in [-0.25, -0.2) is 0 Å². The monoisotopic (exact) mass is 488 g/mol. The molecular weight excluding hydrogens is 460 g/mol. The van der Waals surface area contributed by atoms with Gasteiger partial charge in [-0.2, -0.15) is 0 Å². The van der Waals surface area contributed by atoms with Crippen LogP contribution in [-0.2, 0) is 0 Å². The van der Waals surface area contributed by atoms with Crippen LogP contribution in [0.25, 0.3) is 55.6 Å². The van der Waals surface area contributed by atoms with Gasteiger partial charge in [0.1, 0.15) is 0 Å². The first-order valence-electron chi connectivity index (χ1n) is 12.8. The Bertz CT molecular complexity index is 1690. The molecule has 0 aromatic heterocycles. The molecule has 38 heavy (non-hydrogen) atoms. The average molecular weight is 489 g/mol. The molecule has 0 bridgehead atoms. The highest BCUT2D eigenvalue weighted by atomic mass is 14.7. The van der Waals surface area contributed by atoms with Gasteiger partial charge >= 0.3 is 0 Å². The highest BCUT2D eigenvalue weighted by Gasteiger charge is 2.24. The first kappa shape index (κ1) is 23.3. The molecule has 0 unspecified atom stereocenters. The summed E-state index contributed by atoms with van der Waals surface area (Å²) in [7, 11) is 0. The first-order valence-corrected chi connectivity index (χ1v) is 12.8. The molecule has 6 rings (SSSR count). The van der Waals surface area contributed by atoms with Gasteiger partial charge in [-0.15, -0.1) is 0 Å². The second-order valence-electron chi connectivity index (χ2n) is 9.37. The van der Waals surface area contributed by atoms with Crippen molar-refractivity contribution in [3.8, 4) is 55.6 Å². The number of para-hydroxylation sites is 1. The van der Waals surface area contributed by atoms with E-state index >= 15 is 0 Å². The molecule has 6 aromatic rings. The van der Waals surface area contributed by atoms with Crippen LogP contribution >= 0.6 is 0 Å². The summed E-state index contributed by atoms with van der Waals surface area (Å²) in [5, 5.41) is 0. The van der Waals surface area contributed by atoms with Crippen LogP contribution in [0.2, 0.25) is 0 Å². The summed E-state index contributed by atoms with van der Waals surface area (Å²) in [5.41, 5.74) is 25.4. The van der Waals surface area contributed by atoms with Crippen LogP contribution in [-0.4, -0.2) is 0 Å². The van der Waals surface area contributed by atoms with Crippen LogP contribution in [0, 0.1) is 0 Å². The highest BCUT2D eigenvalue weighted by molar-refractivity contribution is 6.08. The fourth-order valence-electron chi connectivity index (χ4n) is 5.26. The molecule has 0 heterocycles. The number of nitrogens with two attached hydrogens (primary N) is 2. The lowest BCUT2D eigenvalue weighted by atomic mass is 9.78. The molecule has 0 saturated carbocycles. The Morgan fingerprint density at radius 1 is 0.316 bits per heavy atom. The van der Waals surface area contributed by atoms with Gasteiger partial charge in [-0.1, -0.05) is 133 Å². The number of anilines is 2. The lowest BCUT2D eigenvalue weighted by molar-refractivity contribution is 1.52. The van der Waals surface area contributed by atoms with Gasteiger partial charge in [0.25, 0.3) is 0 Å². The van der Waals surface area contributed by atoms with Crippen LogP contribution in [0.3, 0.4) is 0 Å². The van der Waals surface area contributed by atoms with Crippen molar-refractivity contribution in [2.24, 2.45) is 0 Å². The van der Waals surface area contributed by atoms with Crippen molar-refractivity contribution < 1.29 is 0 Å². The highest BCUT2D eigenvalue weighted by Crippen LogP contribution is 2.51. The Labute approximate surface area is 223 Å². The second-order valence-corrected chi connectivity index (χ2v) is 9.37. The van der Waals surface area contributed by atoms with Gasteiger partial charge in [-0.05, 0) is 62.2 Å². The third-order valence-electron chi connectivity index (χ3n) is 7.03. The van der Waals surface area contributed by atoms with E-state index in [0.717, 1.165) is 44.5 Å². The van der Waals surface area contributed by atoms with E-state index in [1.807, 2.05) is 12.1 Å². The largest absolute Gasteiger partial charge is 0.397 e. The molecule has 182 valence electrons. The summed E-state index contributed by atoms with van der Waals surface area (Å²) in [6, 6.07) is 50.6. The summed E-state index contributed by atoms with van der Waals surface area (Å²) < 4.78 is 0. The minimum Gasteiger partial charge on any atom is -0.397 e. The molecule has 0 aliphatic carbocycles. The van der Waals surface area contributed by atoms with Crippen LogP contribution in [0.5, 0.6) is 0 Å². The van der Waals surface area contributed by atoms with Crippen molar-refractivity contribution in [3.05, 3.63) is 146 Å². The van der Waals surface area contributed by atoms with Gasteiger partial charge in [0.2, 0.25) is 0 Å². The van der Waals surface area contributed by atoms with Crippen molar-refractivity contribution in [2.75, 3.05) is 11.5 Å². The lowest BCUT2D eigenvalue weighted by Crippen LogP contribution is -2.01. The SMILES string of the molecule is Nc1cccc(-c2cc(-c3ccccc3)c(-c3ccccc3)c(-c3ccccc3)c2-c2ccccc2)c1N. The van der Waals surface area contributed by atoms with Crippen LogP contribution in [0.1, 0.15) is 0 Å². The topological polar surface area (TPSA) is 52.0 Å². The van der Waals surface area contributed by atoms with Crippen LogP contribution < -0.4 is 11.5 Å². The lowest BCUT2D eigenvalue weighted by Gasteiger charge is -2.25. The zero-order valence-electron chi connectivity index (χ0n) is 21.0. The first-order chi connectivity index (χ1) is 18.7. The van der Waals surface area contributed by atoms with E-state index in [0.29, 0.717) is 11.4 Å². The summed E-state index contributed by atoms with van der Waals surface area (Å²) in [4.78, 5) is 0. The molecule has 0 saturated heterocycles. The molecule has 2 heteroatoms. The van der Waals surface area contributed by atoms with Gasteiger partial charge < -0.3 is 11.5 Å². The van der Waals surface area contributed by atoms with Gasteiger partial charge in [-0.3, -0.25) is 0 Å². The fraction of sp³-hybridized carbons (Fsp3) is 0. The van der Waals surface area contributed by atoms with E-state index in [9.17, 15) is 0 Å². The van der Waals surface area contributed by atoms with Crippen molar-refractivity contribution >= 4 is 11.4 Å². The number of rotatable bonds is 5. The molecule has 0 radical (unpaired) electrons. The minimum atomic E-state index is 0.580. The van der Waals surface area contributed by atoms with Gasteiger partial charge in [0.05, 0.1) is 11.4 Å². The summed E-state index contributed by atoms with van der Waals surface area (Å²) in [6.45, 7) is 0. The third-order valence-corrected chi connectivity index (χ3v) is 7.03. The zero-order chi connectivity index (χ0) is 25.9. The Balaban J connectivity index is 1.86. The van der Waals surface area contributed by atoms with Crippen LogP contribution in [0.15, 0.2) is 146 Å². The number of benzene rings is 6. The quantitative estimate of drug-likeness (QED) is 0.238. The molecule has 6 aromatic carbocycles. The van der Waals surface area contributed by atoms with Gasteiger partial charge in [0.15, 0.2) is 0 Å². The molecule has 0 spiro atoms. The molecule has 0 atom stereocenters. The zero-order valence-corrected chi connectivity index (χ0v) is 21.0. The van der Waals surface area contributed by atoms with E-state index < -0.39 is 0 Å². The molecule has 0 aliphatic rings.